The Morgan fingerprint density at radius 1 is 0.569 bits per heavy atom. The van der Waals surface area contributed by atoms with E-state index in [0.29, 0.717) is 13.0 Å². The van der Waals surface area contributed by atoms with Gasteiger partial charge in [-0.1, -0.05) is 158 Å². The van der Waals surface area contributed by atoms with E-state index in [1.165, 1.54) is 83.5 Å². The number of esters is 1. The van der Waals surface area contributed by atoms with E-state index in [9.17, 15) is 25.2 Å². The molecule has 4 N–H and O–H groups in total. The minimum absolute atomic E-state index is 0.126. The number of ether oxygens (including phenoxy) is 4. The summed E-state index contributed by atoms with van der Waals surface area (Å²) in [5, 5.41) is 40.1. The van der Waals surface area contributed by atoms with Crippen LogP contribution < -0.4 is 0 Å². The summed E-state index contributed by atoms with van der Waals surface area (Å²) >= 11 is 0. The number of aliphatic hydroxyl groups excluding tert-OH is 4. The van der Waals surface area contributed by atoms with Gasteiger partial charge in [0.15, 0.2) is 6.29 Å². The van der Waals surface area contributed by atoms with Crippen molar-refractivity contribution in [2.24, 2.45) is 0 Å². The van der Waals surface area contributed by atoms with E-state index in [-0.39, 0.29) is 19.2 Å². The lowest BCUT2D eigenvalue weighted by atomic mass is 9.99. The number of carbonyl (C=O) groups excluding carboxylic acids is 1. The number of rotatable bonds is 39. The fourth-order valence-electron chi connectivity index (χ4n) is 6.77. The van der Waals surface area contributed by atoms with Gasteiger partial charge in [-0.3, -0.25) is 4.79 Å². The largest absolute Gasteiger partial charge is 0.457 e. The third kappa shape index (κ3) is 30.9. The summed E-state index contributed by atoms with van der Waals surface area (Å²) in [5.41, 5.74) is 0. The van der Waals surface area contributed by atoms with E-state index >= 15 is 0 Å². The molecule has 0 amide bonds. The van der Waals surface area contributed by atoms with Crippen molar-refractivity contribution in [2.45, 2.75) is 218 Å². The Morgan fingerprint density at radius 2 is 1.05 bits per heavy atom. The molecule has 0 radical (unpaired) electrons. The highest BCUT2D eigenvalue weighted by molar-refractivity contribution is 5.69. The number of hydrogen-bond donors (Lipinski definition) is 4. The maximum atomic E-state index is 12.8. The fourth-order valence-corrected chi connectivity index (χ4v) is 6.77. The lowest BCUT2D eigenvalue weighted by molar-refractivity contribution is -0.305. The maximum absolute atomic E-state index is 12.8. The molecular formula is C49H86O9. The van der Waals surface area contributed by atoms with E-state index in [1.807, 2.05) is 0 Å². The van der Waals surface area contributed by atoms with Crippen LogP contribution in [0.5, 0.6) is 0 Å². The van der Waals surface area contributed by atoms with Gasteiger partial charge in [0.25, 0.3) is 0 Å². The summed E-state index contributed by atoms with van der Waals surface area (Å²) in [4.78, 5) is 12.8. The Morgan fingerprint density at radius 3 is 1.59 bits per heavy atom. The molecular weight excluding hydrogens is 733 g/mol. The van der Waals surface area contributed by atoms with Gasteiger partial charge >= 0.3 is 5.97 Å². The van der Waals surface area contributed by atoms with Crippen molar-refractivity contribution in [1.82, 2.24) is 0 Å². The van der Waals surface area contributed by atoms with Gasteiger partial charge < -0.3 is 39.4 Å². The molecule has 0 aromatic heterocycles. The summed E-state index contributed by atoms with van der Waals surface area (Å²) in [6.07, 6.45) is 43.9. The van der Waals surface area contributed by atoms with Crippen molar-refractivity contribution in [3.8, 4) is 0 Å². The summed E-state index contributed by atoms with van der Waals surface area (Å²) in [6.45, 7) is 4.37. The molecule has 6 unspecified atom stereocenters. The van der Waals surface area contributed by atoms with Gasteiger partial charge in [-0.15, -0.1) is 0 Å². The second kappa shape index (κ2) is 40.3. The molecule has 0 spiro atoms. The van der Waals surface area contributed by atoms with Crippen molar-refractivity contribution in [3.05, 3.63) is 60.8 Å². The minimum atomic E-state index is -1.54. The topological polar surface area (TPSA) is 135 Å². The zero-order valence-electron chi connectivity index (χ0n) is 36.8. The Labute approximate surface area is 354 Å². The molecule has 1 aliphatic heterocycles. The first-order valence-electron chi connectivity index (χ1n) is 23.4. The Bertz CT molecular complexity index is 1070. The quantitative estimate of drug-likeness (QED) is 0.0272. The van der Waals surface area contributed by atoms with Crippen LogP contribution in [0.1, 0.15) is 181 Å². The van der Waals surface area contributed by atoms with Gasteiger partial charge in [0, 0.05) is 13.0 Å². The second-order valence-electron chi connectivity index (χ2n) is 15.8. The van der Waals surface area contributed by atoms with Crippen molar-refractivity contribution in [3.63, 3.8) is 0 Å². The van der Waals surface area contributed by atoms with Gasteiger partial charge in [-0.25, -0.2) is 0 Å². The lowest BCUT2D eigenvalue weighted by Gasteiger charge is -2.39. The highest BCUT2D eigenvalue weighted by Gasteiger charge is 2.44. The molecule has 1 aliphatic rings. The molecule has 1 fully saturated rings. The van der Waals surface area contributed by atoms with Crippen LogP contribution in [0.15, 0.2) is 60.8 Å². The first kappa shape index (κ1) is 53.9. The van der Waals surface area contributed by atoms with Gasteiger partial charge in [0.2, 0.25) is 0 Å². The van der Waals surface area contributed by atoms with Gasteiger partial charge in [0.1, 0.15) is 30.5 Å². The first-order chi connectivity index (χ1) is 28.4. The van der Waals surface area contributed by atoms with Crippen molar-refractivity contribution < 1.29 is 44.2 Å². The number of allylic oxidation sites excluding steroid dienone is 10. The molecule has 6 atom stereocenters. The zero-order valence-corrected chi connectivity index (χ0v) is 36.8. The summed E-state index contributed by atoms with van der Waals surface area (Å²) in [5.74, 6) is -0.328. The predicted octanol–water partition coefficient (Wildman–Crippen LogP) is 10.7. The van der Waals surface area contributed by atoms with E-state index in [0.717, 1.165) is 77.0 Å². The molecule has 0 bridgehead atoms. The monoisotopic (exact) mass is 819 g/mol. The van der Waals surface area contributed by atoms with E-state index in [4.69, 9.17) is 18.9 Å². The molecule has 0 saturated carbocycles. The van der Waals surface area contributed by atoms with Crippen LogP contribution in [0.25, 0.3) is 0 Å². The maximum Gasteiger partial charge on any atom is 0.306 e. The van der Waals surface area contributed by atoms with Crippen LogP contribution >= 0.6 is 0 Å². The molecule has 1 rings (SSSR count). The Kier molecular flexibility index (Phi) is 37.5. The highest BCUT2D eigenvalue weighted by atomic mass is 16.7. The third-order valence-electron chi connectivity index (χ3n) is 10.4. The van der Waals surface area contributed by atoms with Crippen LogP contribution in [0.4, 0.5) is 0 Å². The van der Waals surface area contributed by atoms with Crippen molar-refractivity contribution >= 4 is 5.97 Å². The number of aliphatic hydroxyl groups is 4. The highest BCUT2D eigenvalue weighted by Crippen LogP contribution is 2.22. The molecule has 1 heterocycles. The fraction of sp³-hybridized carbons (Fsp3) is 0.776. The minimum Gasteiger partial charge on any atom is -0.457 e. The normalized spacial score (nSPS) is 20.8. The number of unbranched alkanes of at least 4 members (excludes halogenated alkanes) is 18. The van der Waals surface area contributed by atoms with E-state index in [2.05, 4.69) is 74.6 Å². The SMILES string of the molecule is CC/C=C\C/C=C\C/C=C\CCCCCCOCC(COC1OC(CO)C(O)C(O)C1O)OC(=O)CCCCCCCCCCC/C=C\C/C=C\CCCCCCC. The molecule has 9 nitrogen and oxygen atoms in total. The van der Waals surface area contributed by atoms with Crippen LogP contribution in [-0.4, -0.2) is 89.6 Å². The summed E-state index contributed by atoms with van der Waals surface area (Å²) < 4.78 is 22.8. The molecule has 0 aromatic rings. The third-order valence-corrected chi connectivity index (χ3v) is 10.4. The van der Waals surface area contributed by atoms with Crippen molar-refractivity contribution in [1.29, 1.82) is 0 Å². The standard InChI is InChI=1S/C49H86O9/c1-3-5-7-9-11-13-15-17-19-20-21-22-23-24-25-26-28-30-32-34-36-38-45(51)57-43(42-56-49-48(54)47(53)46(52)44(40-50)58-49)41-55-39-37-35-33-31-29-27-18-16-14-12-10-8-6-4-2/h6,8,12,14-15,17-18,20-21,27,43-44,46-50,52-54H,3-5,7,9-11,13,16,19,22-26,28-42H2,1-2H3/b8-6-,14-12-,17-15-,21-20-,27-18-. The molecule has 58 heavy (non-hydrogen) atoms. The van der Waals surface area contributed by atoms with Crippen LogP contribution in [-0.2, 0) is 23.7 Å². The van der Waals surface area contributed by atoms with Crippen LogP contribution in [0.2, 0.25) is 0 Å². The lowest BCUT2D eigenvalue weighted by Crippen LogP contribution is -2.59. The number of carbonyl (C=O) groups is 1. The van der Waals surface area contributed by atoms with E-state index < -0.39 is 43.4 Å². The van der Waals surface area contributed by atoms with Gasteiger partial charge in [0.05, 0.1) is 19.8 Å². The smallest absolute Gasteiger partial charge is 0.306 e. The van der Waals surface area contributed by atoms with Gasteiger partial charge in [-0.2, -0.15) is 0 Å². The average molecular weight is 819 g/mol. The van der Waals surface area contributed by atoms with Crippen molar-refractivity contribution in [2.75, 3.05) is 26.4 Å². The Hall–Kier alpha value is -2.11. The first-order valence-corrected chi connectivity index (χ1v) is 23.4. The molecule has 9 heteroatoms. The second-order valence-corrected chi connectivity index (χ2v) is 15.8. The molecule has 336 valence electrons. The average Bonchev–Trinajstić information content (AvgIpc) is 3.22. The molecule has 1 saturated heterocycles. The zero-order chi connectivity index (χ0) is 42.2. The van der Waals surface area contributed by atoms with Crippen LogP contribution in [0, 0.1) is 0 Å². The number of hydrogen-bond acceptors (Lipinski definition) is 9. The summed E-state index contributed by atoms with van der Waals surface area (Å²) in [6, 6.07) is 0. The van der Waals surface area contributed by atoms with E-state index in [1.54, 1.807) is 0 Å². The van der Waals surface area contributed by atoms with Crippen LogP contribution in [0.3, 0.4) is 0 Å². The molecule has 0 aliphatic carbocycles. The van der Waals surface area contributed by atoms with Gasteiger partial charge in [-0.05, 0) is 77.0 Å². The summed E-state index contributed by atoms with van der Waals surface area (Å²) in [7, 11) is 0. The molecule has 0 aromatic carbocycles. The predicted molar refractivity (Wildman–Crippen MR) is 238 cm³/mol. The Balaban J connectivity index is 2.25.